The number of halogens is 4. The quantitative estimate of drug-likeness (QED) is 0.0789. The molecule has 4 aromatic heterocycles. The molecule has 13 heteroatoms. The zero-order valence-electron chi connectivity index (χ0n) is 19.3. The molecular formula is C24H24Cl4N6RuS2. The first-order valence-corrected chi connectivity index (χ1v) is 12.3. The van der Waals surface area contributed by atoms with Gasteiger partial charge >= 0.3 is 19.5 Å². The summed E-state index contributed by atoms with van der Waals surface area (Å²) in [4.78, 5) is 15.1. The number of thiocarbonyl (C=S) groups is 2. The first kappa shape index (κ1) is 44.9. The van der Waals surface area contributed by atoms with Gasteiger partial charge in [0.25, 0.3) is 0 Å². The molecule has 0 aromatic carbocycles. The summed E-state index contributed by atoms with van der Waals surface area (Å²) in [5.41, 5.74) is 0. The van der Waals surface area contributed by atoms with Crippen molar-refractivity contribution in [3.8, 4) is 0 Å². The maximum atomic E-state index is 7.13. The van der Waals surface area contributed by atoms with Crippen LogP contribution in [0, 0.1) is 0 Å². The number of rotatable bonds is 0. The standard InChI is InChI=1S/4C5H5N.2CH2Cl2.2CNS.Ru/c4*1-2-4-6-5-3-1;4*2-1-3;/h4*1-5H;2*1H2;;;/q;;;;;;2*-1;+2. The van der Waals surface area contributed by atoms with Gasteiger partial charge in [0.2, 0.25) is 0 Å². The van der Waals surface area contributed by atoms with Crippen LogP contribution in [0.4, 0.5) is 0 Å². The molecule has 4 rings (SSSR count). The molecule has 0 atom stereocenters. The van der Waals surface area contributed by atoms with Crippen molar-refractivity contribution in [2.75, 3.05) is 10.7 Å². The van der Waals surface area contributed by atoms with Crippen LogP contribution in [-0.4, -0.2) is 40.9 Å². The molecule has 0 radical (unpaired) electrons. The van der Waals surface area contributed by atoms with Crippen LogP contribution in [0.15, 0.2) is 122 Å². The van der Waals surface area contributed by atoms with E-state index in [4.69, 9.17) is 57.2 Å². The number of aromatic nitrogens is 4. The average molecular weight is 704 g/mol. The van der Waals surface area contributed by atoms with E-state index in [0.29, 0.717) is 0 Å². The average Bonchev–Trinajstić information content (AvgIpc) is 2.95. The zero-order chi connectivity index (χ0) is 27.8. The summed E-state index contributed by atoms with van der Waals surface area (Å²) in [5.74, 6) is 0. The Hall–Kier alpha value is -2.02. The van der Waals surface area contributed by atoms with Gasteiger partial charge in [-0.05, 0) is 48.5 Å². The van der Waals surface area contributed by atoms with Crippen molar-refractivity contribution in [3.63, 3.8) is 0 Å². The Morgan fingerprint density at radius 1 is 0.432 bits per heavy atom. The second-order valence-electron chi connectivity index (χ2n) is 4.48. The Labute approximate surface area is 262 Å². The normalized spacial score (nSPS) is 6.59. The Bertz CT molecular complexity index is 649. The van der Waals surface area contributed by atoms with Gasteiger partial charge in [-0.3, -0.25) is 19.9 Å². The third-order valence-corrected chi connectivity index (χ3v) is 2.27. The van der Waals surface area contributed by atoms with Crippen molar-refractivity contribution in [2.45, 2.75) is 0 Å². The fraction of sp³-hybridized carbons (Fsp3) is 0.0833. The molecule has 0 aliphatic heterocycles. The van der Waals surface area contributed by atoms with Gasteiger partial charge in [0.15, 0.2) is 0 Å². The van der Waals surface area contributed by atoms with Crippen LogP contribution in [-0.2, 0) is 19.5 Å². The van der Waals surface area contributed by atoms with Crippen molar-refractivity contribution < 1.29 is 19.5 Å². The number of pyridine rings is 4. The van der Waals surface area contributed by atoms with Crippen LogP contribution < -0.4 is 0 Å². The molecule has 198 valence electrons. The van der Waals surface area contributed by atoms with Gasteiger partial charge < -0.3 is 10.8 Å². The largest absolute Gasteiger partial charge is 2.00 e. The molecular weight excluding hydrogens is 679 g/mol. The van der Waals surface area contributed by atoms with E-state index in [1.807, 2.05) is 72.8 Å². The second-order valence-corrected chi connectivity index (χ2v) is 6.46. The van der Waals surface area contributed by atoms with Gasteiger partial charge in [-0.25, -0.2) is 0 Å². The maximum Gasteiger partial charge on any atom is 2.00 e. The summed E-state index contributed by atoms with van der Waals surface area (Å²) >= 11 is 26.5. The molecule has 0 spiro atoms. The Morgan fingerprint density at radius 2 is 0.541 bits per heavy atom. The van der Waals surface area contributed by atoms with Crippen LogP contribution >= 0.6 is 70.8 Å². The van der Waals surface area contributed by atoms with E-state index >= 15 is 0 Å². The number of isothiocyanates is 2. The molecule has 0 fully saturated rings. The van der Waals surface area contributed by atoms with Gasteiger partial charge in [-0.1, -0.05) is 48.7 Å². The maximum absolute atomic E-state index is 7.13. The van der Waals surface area contributed by atoms with Crippen molar-refractivity contribution in [1.29, 1.82) is 0 Å². The van der Waals surface area contributed by atoms with Crippen LogP contribution in [0.25, 0.3) is 10.8 Å². The summed E-state index contributed by atoms with van der Waals surface area (Å²) in [7, 11) is 0. The minimum Gasteiger partial charge on any atom is -0.753 e. The minimum absolute atomic E-state index is 0. The van der Waals surface area contributed by atoms with E-state index in [1.54, 1.807) is 49.6 Å². The molecule has 0 unspecified atom stereocenters. The Balaban J connectivity index is -0.000000108. The van der Waals surface area contributed by atoms with E-state index in [-0.39, 0.29) is 30.2 Å². The van der Waals surface area contributed by atoms with Gasteiger partial charge in [0.1, 0.15) is 0 Å². The second kappa shape index (κ2) is 54.8. The number of hydrogen-bond donors (Lipinski definition) is 0. The van der Waals surface area contributed by atoms with Gasteiger partial charge in [0.05, 0.1) is 10.7 Å². The smallest absolute Gasteiger partial charge is 0.753 e. The minimum atomic E-state index is 0. The zero-order valence-corrected chi connectivity index (χ0v) is 25.7. The fourth-order valence-electron chi connectivity index (χ4n) is 1.25. The van der Waals surface area contributed by atoms with Crippen LogP contribution in [0.5, 0.6) is 0 Å². The Morgan fingerprint density at radius 3 is 0.568 bits per heavy atom. The summed E-state index contributed by atoms with van der Waals surface area (Å²) in [5, 5.41) is 17.3. The molecule has 0 aliphatic rings. The third kappa shape index (κ3) is 71.9. The van der Waals surface area contributed by atoms with E-state index in [1.165, 1.54) is 10.3 Å². The summed E-state index contributed by atoms with van der Waals surface area (Å²) in [6, 6.07) is 22.9. The first-order chi connectivity index (χ1) is 17.7. The fourth-order valence-corrected chi connectivity index (χ4v) is 1.25. The molecule has 4 aromatic rings. The number of alkyl halides is 4. The van der Waals surface area contributed by atoms with Gasteiger partial charge in [-0.2, -0.15) is 10.3 Å². The summed E-state index contributed by atoms with van der Waals surface area (Å²) < 4.78 is 0. The van der Waals surface area contributed by atoms with E-state index < -0.39 is 0 Å². The summed E-state index contributed by atoms with van der Waals surface area (Å²) in [6.45, 7) is 0. The van der Waals surface area contributed by atoms with Crippen molar-refractivity contribution in [1.82, 2.24) is 19.9 Å². The number of hydrogen-bond acceptors (Lipinski definition) is 6. The molecule has 0 bridgehead atoms. The SMILES string of the molecule is ClCCl.ClCCl.[N-]=C=S.[N-]=C=S.[Ru+2].c1ccncc1.c1ccncc1.c1ccncc1.c1ccncc1. The van der Waals surface area contributed by atoms with Crippen molar-refractivity contribution in [2.24, 2.45) is 0 Å². The molecule has 6 nitrogen and oxygen atoms in total. The van der Waals surface area contributed by atoms with Crippen molar-refractivity contribution in [3.05, 3.63) is 133 Å². The van der Waals surface area contributed by atoms with Gasteiger partial charge in [-0.15, -0.1) is 46.4 Å². The molecule has 0 N–H and O–H groups in total. The molecule has 0 aliphatic carbocycles. The monoisotopic (exact) mass is 702 g/mol. The van der Waals surface area contributed by atoms with Crippen molar-refractivity contribution >= 4 is 81.2 Å². The van der Waals surface area contributed by atoms with Crippen LogP contribution in [0.3, 0.4) is 0 Å². The molecule has 4 heterocycles. The van der Waals surface area contributed by atoms with Gasteiger partial charge in [0, 0.05) is 49.6 Å². The summed E-state index contributed by atoms with van der Waals surface area (Å²) in [6.07, 6.45) is 14.0. The topological polar surface area (TPSA) is 96.2 Å². The predicted octanol–water partition coefficient (Wildman–Crippen LogP) is 8.48. The van der Waals surface area contributed by atoms with E-state index in [2.05, 4.69) is 44.4 Å². The third-order valence-electron chi connectivity index (χ3n) is 2.27. The molecule has 37 heavy (non-hydrogen) atoms. The van der Waals surface area contributed by atoms with E-state index in [9.17, 15) is 0 Å². The molecule has 0 saturated carbocycles. The molecule has 0 saturated heterocycles. The first-order valence-electron chi connectivity index (χ1n) is 9.32. The number of nitrogens with zero attached hydrogens (tertiary/aromatic N) is 6. The predicted molar refractivity (Wildman–Crippen MR) is 162 cm³/mol. The Kier molecular flexibility index (Phi) is 66.5. The van der Waals surface area contributed by atoms with E-state index in [0.717, 1.165) is 0 Å². The van der Waals surface area contributed by atoms with Crippen LogP contribution in [0.2, 0.25) is 0 Å². The van der Waals surface area contributed by atoms with Crippen LogP contribution in [0.1, 0.15) is 0 Å². The molecule has 0 amide bonds.